The average Bonchev–Trinajstić information content (AvgIpc) is 3.25. The third-order valence-electron chi connectivity index (χ3n) is 5.27. The zero-order valence-electron chi connectivity index (χ0n) is 13.9. The molecular weight excluding hydrogens is 330 g/mol. The van der Waals surface area contributed by atoms with Crippen LogP contribution >= 0.6 is 11.3 Å². The van der Waals surface area contributed by atoms with E-state index in [9.17, 15) is 4.79 Å². The van der Waals surface area contributed by atoms with E-state index >= 15 is 0 Å². The summed E-state index contributed by atoms with van der Waals surface area (Å²) in [5.74, 6) is 0.119. The van der Waals surface area contributed by atoms with Gasteiger partial charge in [-0.15, -0.1) is 11.3 Å². The fourth-order valence-corrected chi connectivity index (χ4v) is 4.53. The first kappa shape index (κ1) is 15.0. The molecule has 0 unspecified atom stereocenters. The van der Waals surface area contributed by atoms with Gasteiger partial charge in [0.1, 0.15) is 0 Å². The van der Waals surface area contributed by atoms with Gasteiger partial charge in [-0.05, 0) is 42.0 Å². The molecule has 0 spiro atoms. The van der Waals surface area contributed by atoms with E-state index in [1.54, 1.807) is 11.3 Å². The molecule has 2 N–H and O–H groups in total. The molecule has 3 aromatic rings. The van der Waals surface area contributed by atoms with Gasteiger partial charge in [-0.2, -0.15) is 0 Å². The Kier molecular flexibility index (Phi) is 3.24. The molecule has 25 heavy (non-hydrogen) atoms. The van der Waals surface area contributed by atoms with Gasteiger partial charge in [0.15, 0.2) is 0 Å². The van der Waals surface area contributed by atoms with E-state index < -0.39 is 0 Å². The van der Waals surface area contributed by atoms with Gasteiger partial charge in [0.05, 0.1) is 16.1 Å². The molecule has 0 atom stereocenters. The van der Waals surface area contributed by atoms with Crippen LogP contribution in [0.25, 0.3) is 10.1 Å². The summed E-state index contributed by atoms with van der Waals surface area (Å²) in [5, 5.41) is 1.14. The van der Waals surface area contributed by atoms with E-state index in [0.29, 0.717) is 13.1 Å². The van der Waals surface area contributed by atoms with Crippen molar-refractivity contribution in [2.45, 2.75) is 31.3 Å². The number of fused-ring (bicyclic) bond motifs is 2. The second kappa shape index (κ2) is 5.38. The van der Waals surface area contributed by atoms with Crippen LogP contribution < -0.4 is 5.73 Å². The highest BCUT2D eigenvalue weighted by Crippen LogP contribution is 2.42. The van der Waals surface area contributed by atoms with Crippen LogP contribution in [0.15, 0.2) is 42.5 Å². The standard InChI is InChI=1S/C20H19N3OS/c21-20(8-9-20)18-6-5-14-12-23(10-7-15(14)22-18)19(24)17-11-13-3-1-2-4-16(13)25-17/h1-6,11H,7-10,12,21H2. The summed E-state index contributed by atoms with van der Waals surface area (Å²) in [6, 6.07) is 14.3. The van der Waals surface area contributed by atoms with E-state index in [4.69, 9.17) is 10.7 Å². The number of hydrogen-bond donors (Lipinski definition) is 1. The van der Waals surface area contributed by atoms with Gasteiger partial charge in [0.2, 0.25) is 0 Å². The lowest BCUT2D eigenvalue weighted by atomic mass is 10.0. The van der Waals surface area contributed by atoms with E-state index in [1.165, 1.54) is 0 Å². The third kappa shape index (κ3) is 2.55. The summed E-state index contributed by atoms with van der Waals surface area (Å²) in [6.45, 7) is 1.35. The van der Waals surface area contributed by atoms with Crippen LogP contribution in [0.4, 0.5) is 0 Å². The van der Waals surface area contributed by atoms with Crippen LogP contribution in [-0.4, -0.2) is 22.3 Å². The molecule has 5 heteroatoms. The van der Waals surface area contributed by atoms with Gasteiger partial charge in [0, 0.05) is 29.9 Å². The zero-order valence-corrected chi connectivity index (χ0v) is 14.7. The first-order chi connectivity index (χ1) is 12.1. The molecule has 1 fully saturated rings. The maximum Gasteiger partial charge on any atom is 0.264 e. The predicted molar refractivity (Wildman–Crippen MR) is 99.6 cm³/mol. The van der Waals surface area contributed by atoms with Gasteiger partial charge >= 0.3 is 0 Å². The number of carbonyl (C=O) groups excluding carboxylic acids is 1. The zero-order chi connectivity index (χ0) is 17.0. The Labute approximate surface area is 150 Å². The van der Waals surface area contributed by atoms with Crippen molar-refractivity contribution in [3.63, 3.8) is 0 Å². The van der Waals surface area contributed by atoms with Crippen molar-refractivity contribution in [3.05, 3.63) is 64.3 Å². The normalized spacial score (nSPS) is 18.2. The summed E-state index contributed by atoms with van der Waals surface area (Å²) in [7, 11) is 0. The Morgan fingerprint density at radius 2 is 2.04 bits per heavy atom. The maximum atomic E-state index is 12.9. The molecule has 2 aromatic heterocycles. The molecule has 2 aliphatic rings. The molecule has 3 heterocycles. The van der Waals surface area contributed by atoms with E-state index in [2.05, 4.69) is 18.2 Å². The Bertz CT molecular complexity index is 957. The molecule has 1 saturated carbocycles. The summed E-state index contributed by atoms with van der Waals surface area (Å²) in [5.41, 5.74) is 9.33. The number of amides is 1. The van der Waals surface area contributed by atoms with Crippen LogP contribution in [0, 0.1) is 0 Å². The molecule has 0 bridgehead atoms. The van der Waals surface area contributed by atoms with E-state index in [0.717, 1.165) is 51.2 Å². The SMILES string of the molecule is NC1(c2ccc3c(n2)CCN(C(=O)c2cc4ccccc4s2)C3)CC1. The average molecular weight is 349 g/mol. The Morgan fingerprint density at radius 1 is 1.20 bits per heavy atom. The van der Waals surface area contributed by atoms with Gasteiger partial charge in [0.25, 0.3) is 5.91 Å². The highest BCUT2D eigenvalue weighted by molar-refractivity contribution is 7.20. The molecule has 5 rings (SSSR count). The fraction of sp³-hybridized carbons (Fsp3) is 0.300. The van der Waals surface area contributed by atoms with Crippen molar-refractivity contribution in [2.75, 3.05) is 6.54 Å². The number of benzene rings is 1. The minimum absolute atomic E-state index is 0.119. The largest absolute Gasteiger partial charge is 0.333 e. The van der Waals surface area contributed by atoms with Crippen LogP contribution in [0.3, 0.4) is 0 Å². The molecule has 1 aliphatic heterocycles. The third-order valence-corrected chi connectivity index (χ3v) is 6.37. The predicted octanol–water partition coefficient (Wildman–Crippen LogP) is 3.44. The van der Waals surface area contributed by atoms with Gasteiger partial charge in [-0.3, -0.25) is 9.78 Å². The van der Waals surface area contributed by atoms with Crippen LogP contribution in [0.2, 0.25) is 0 Å². The number of rotatable bonds is 2. The second-order valence-corrected chi connectivity index (χ2v) is 8.17. The summed E-state index contributed by atoms with van der Waals surface area (Å²) < 4.78 is 1.16. The fourth-order valence-electron chi connectivity index (χ4n) is 3.50. The highest BCUT2D eigenvalue weighted by atomic mass is 32.1. The molecule has 1 amide bonds. The van der Waals surface area contributed by atoms with Crippen LogP contribution in [0.5, 0.6) is 0 Å². The minimum Gasteiger partial charge on any atom is -0.333 e. The van der Waals surface area contributed by atoms with E-state index in [1.807, 2.05) is 29.2 Å². The molecular formula is C20H19N3OS. The molecule has 0 saturated heterocycles. The van der Waals surface area contributed by atoms with Crippen molar-refractivity contribution < 1.29 is 4.79 Å². The smallest absolute Gasteiger partial charge is 0.264 e. The highest BCUT2D eigenvalue weighted by Gasteiger charge is 2.41. The van der Waals surface area contributed by atoms with E-state index in [-0.39, 0.29) is 11.4 Å². The number of nitrogens with two attached hydrogens (primary N) is 1. The lowest BCUT2D eigenvalue weighted by Gasteiger charge is -2.28. The first-order valence-electron chi connectivity index (χ1n) is 8.68. The molecule has 0 radical (unpaired) electrons. The number of thiophene rings is 1. The number of aromatic nitrogens is 1. The molecule has 126 valence electrons. The Hall–Kier alpha value is -2.24. The number of pyridine rings is 1. The first-order valence-corrected chi connectivity index (χ1v) is 9.50. The maximum absolute atomic E-state index is 12.9. The van der Waals surface area contributed by atoms with Crippen molar-refractivity contribution in [3.8, 4) is 0 Å². The van der Waals surface area contributed by atoms with Gasteiger partial charge in [-0.25, -0.2) is 0 Å². The topological polar surface area (TPSA) is 59.2 Å². The molecule has 4 nitrogen and oxygen atoms in total. The number of hydrogen-bond acceptors (Lipinski definition) is 4. The number of carbonyl (C=O) groups is 1. The summed E-state index contributed by atoms with van der Waals surface area (Å²) in [4.78, 5) is 20.4. The lowest BCUT2D eigenvalue weighted by Crippen LogP contribution is -2.36. The monoisotopic (exact) mass is 349 g/mol. The summed E-state index contributed by atoms with van der Waals surface area (Å²) >= 11 is 1.57. The molecule has 1 aromatic carbocycles. The number of nitrogens with zero attached hydrogens (tertiary/aromatic N) is 2. The van der Waals surface area contributed by atoms with Crippen molar-refractivity contribution in [1.29, 1.82) is 0 Å². The van der Waals surface area contributed by atoms with Crippen molar-refractivity contribution in [2.24, 2.45) is 5.73 Å². The van der Waals surface area contributed by atoms with Crippen LogP contribution in [-0.2, 0) is 18.5 Å². The van der Waals surface area contributed by atoms with Crippen molar-refractivity contribution in [1.82, 2.24) is 9.88 Å². The quantitative estimate of drug-likeness (QED) is 0.771. The van der Waals surface area contributed by atoms with Crippen LogP contribution in [0.1, 0.15) is 39.5 Å². The lowest BCUT2D eigenvalue weighted by molar-refractivity contribution is 0.0738. The Balaban J connectivity index is 1.40. The molecule has 1 aliphatic carbocycles. The van der Waals surface area contributed by atoms with Crippen molar-refractivity contribution >= 4 is 27.3 Å². The minimum atomic E-state index is -0.195. The summed E-state index contributed by atoms with van der Waals surface area (Å²) in [6.07, 6.45) is 2.85. The Morgan fingerprint density at radius 3 is 2.84 bits per heavy atom. The van der Waals surface area contributed by atoms with Gasteiger partial charge in [-0.1, -0.05) is 24.3 Å². The second-order valence-electron chi connectivity index (χ2n) is 7.08. The van der Waals surface area contributed by atoms with Gasteiger partial charge < -0.3 is 10.6 Å².